The summed E-state index contributed by atoms with van der Waals surface area (Å²) in [5.41, 5.74) is 0.302. The smallest absolute Gasteiger partial charge is 0.341 e. The molecule has 0 atom stereocenters. The van der Waals surface area contributed by atoms with Gasteiger partial charge >= 0.3 is 5.97 Å². The number of nitrogens with zero attached hydrogens (tertiary/aromatic N) is 2. The fourth-order valence-electron chi connectivity index (χ4n) is 1.19. The standard InChI is InChI=1S/C9H11FN2O2/c1-2-14-8(13)7-5-11-12(6-7)9(10)3-4-9/h5-6H,2-4H2,1H3. The monoisotopic (exact) mass is 198 g/mol. The molecule has 0 bridgehead atoms. The summed E-state index contributed by atoms with van der Waals surface area (Å²) in [7, 11) is 0. The summed E-state index contributed by atoms with van der Waals surface area (Å²) in [6.07, 6.45) is 3.66. The van der Waals surface area contributed by atoms with Crippen LogP contribution in [-0.4, -0.2) is 22.4 Å². The van der Waals surface area contributed by atoms with Crippen LogP contribution in [0.1, 0.15) is 30.1 Å². The molecule has 0 aromatic carbocycles. The minimum atomic E-state index is -1.36. The predicted molar refractivity (Wildman–Crippen MR) is 46.5 cm³/mol. The third kappa shape index (κ3) is 1.49. The van der Waals surface area contributed by atoms with Gasteiger partial charge in [0.2, 0.25) is 5.79 Å². The number of carbonyl (C=O) groups excluding carboxylic acids is 1. The highest BCUT2D eigenvalue weighted by molar-refractivity contribution is 5.88. The average Bonchev–Trinajstić information content (AvgIpc) is 2.72. The number of carbonyl (C=O) groups is 1. The molecule has 0 N–H and O–H groups in total. The summed E-state index contributed by atoms with van der Waals surface area (Å²) in [6, 6.07) is 0. The first kappa shape index (κ1) is 9.18. The molecule has 1 fully saturated rings. The van der Waals surface area contributed by atoms with E-state index in [2.05, 4.69) is 5.10 Å². The fraction of sp³-hybridized carbons (Fsp3) is 0.556. The van der Waals surface area contributed by atoms with Crippen molar-refractivity contribution in [1.82, 2.24) is 9.78 Å². The van der Waals surface area contributed by atoms with E-state index in [1.165, 1.54) is 17.1 Å². The van der Waals surface area contributed by atoms with Crippen molar-refractivity contribution < 1.29 is 13.9 Å². The summed E-state index contributed by atoms with van der Waals surface area (Å²) in [4.78, 5) is 11.2. The van der Waals surface area contributed by atoms with Gasteiger partial charge in [0.05, 0.1) is 18.4 Å². The largest absolute Gasteiger partial charge is 0.462 e. The van der Waals surface area contributed by atoms with E-state index in [1.807, 2.05) is 0 Å². The first-order chi connectivity index (χ1) is 6.65. The molecule has 0 saturated heterocycles. The molecule has 1 aromatic heterocycles. The van der Waals surface area contributed by atoms with E-state index >= 15 is 0 Å². The van der Waals surface area contributed by atoms with Crippen molar-refractivity contribution >= 4 is 5.97 Å². The van der Waals surface area contributed by atoms with Crippen LogP contribution in [0.3, 0.4) is 0 Å². The normalized spacial score (nSPS) is 17.9. The van der Waals surface area contributed by atoms with Gasteiger partial charge in [0.25, 0.3) is 0 Å². The molecular weight excluding hydrogens is 187 g/mol. The Bertz CT molecular complexity index is 357. The van der Waals surface area contributed by atoms with E-state index < -0.39 is 11.8 Å². The highest BCUT2D eigenvalue weighted by Crippen LogP contribution is 2.44. The SMILES string of the molecule is CCOC(=O)c1cnn(C2(F)CC2)c1. The molecule has 5 heteroatoms. The second kappa shape index (κ2) is 3.08. The van der Waals surface area contributed by atoms with Crippen LogP contribution >= 0.6 is 0 Å². The Morgan fingerprint density at radius 2 is 2.50 bits per heavy atom. The molecule has 0 radical (unpaired) electrons. The van der Waals surface area contributed by atoms with Gasteiger partial charge < -0.3 is 4.74 Å². The van der Waals surface area contributed by atoms with Crippen LogP contribution in [0.5, 0.6) is 0 Å². The third-order valence-electron chi connectivity index (χ3n) is 2.17. The lowest BCUT2D eigenvalue weighted by atomic mass is 10.4. The molecule has 2 rings (SSSR count). The number of aromatic nitrogens is 2. The van der Waals surface area contributed by atoms with Gasteiger partial charge in [-0.25, -0.2) is 13.9 Å². The van der Waals surface area contributed by atoms with E-state index in [9.17, 15) is 9.18 Å². The second-order valence-electron chi connectivity index (χ2n) is 3.31. The van der Waals surface area contributed by atoms with Gasteiger partial charge in [0, 0.05) is 19.0 Å². The van der Waals surface area contributed by atoms with Gasteiger partial charge in [-0.3, -0.25) is 0 Å². The number of halogens is 1. The summed E-state index contributed by atoms with van der Waals surface area (Å²) in [5.74, 6) is -1.81. The van der Waals surface area contributed by atoms with E-state index in [-0.39, 0.29) is 0 Å². The maximum Gasteiger partial charge on any atom is 0.341 e. The van der Waals surface area contributed by atoms with Crippen molar-refractivity contribution in [1.29, 1.82) is 0 Å². The van der Waals surface area contributed by atoms with Crippen LogP contribution in [0.4, 0.5) is 4.39 Å². The quantitative estimate of drug-likeness (QED) is 0.691. The topological polar surface area (TPSA) is 44.1 Å². The number of esters is 1. The molecule has 0 unspecified atom stereocenters. The van der Waals surface area contributed by atoms with E-state index in [4.69, 9.17) is 4.74 Å². The Balaban J connectivity index is 2.13. The van der Waals surface area contributed by atoms with Crippen LogP contribution in [-0.2, 0) is 10.5 Å². The van der Waals surface area contributed by atoms with Crippen molar-refractivity contribution in [2.24, 2.45) is 0 Å². The van der Waals surface area contributed by atoms with Gasteiger partial charge in [-0.1, -0.05) is 0 Å². The van der Waals surface area contributed by atoms with Crippen LogP contribution in [0.15, 0.2) is 12.4 Å². The lowest BCUT2D eigenvalue weighted by molar-refractivity contribution is 0.0526. The van der Waals surface area contributed by atoms with Crippen molar-refractivity contribution in [2.75, 3.05) is 6.61 Å². The van der Waals surface area contributed by atoms with Crippen molar-refractivity contribution in [3.63, 3.8) is 0 Å². The first-order valence-corrected chi connectivity index (χ1v) is 4.57. The summed E-state index contributed by atoms with van der Waals surface area (Å²) in [6.45, 7) is 2.03. The molecule has 1 heterocycles. The Morgan fingerprint density at radius 3 is 3.07 bits per heavy atom. The number of hydrogen-bond acceptors (Lipinski definition) is 3. The molecule has 14 heavy (non-hydrogen) atoms. The molecule has 0 amide bonds. The van der Waals surface area contributed by atoms with Crippen molar-refractivity contribution in [3.05, 3.63) is 18.0 Å². The molecular formula is C9H11FN2O2. The number of rotatable bonds is 3. The first-order valence-electron chi connectivity index (χ1n) is 4.57. The fourth-order valence-corrected chi connectivity index (χ4v) is 1.19. The van der Waals surface area contributed by atoms with Gasteiger partial charge in [-0.05, 0) is 6.92 Å². The molecule has 76 valence electrons. The second-order valence-corrected chi connectivity index (χ2v) is 3.31. The molecule has 0 aliphatic heterocycles. The number of ether oxygens (including phenoxy) is 1. The number of hydrogen-bond donors (Lipinski definition) is 0. The lowest BCUT2D eigenvalue weighted by Crippen LogP contribution is -2.11. The Kier molecular flexibility index (Phi) is 2.02. The van der Waals surface area contributed by atoms with Crippen LogP contribution in [0.2, 0.25) is 0 Å². The molecule has 1 aliphatic carbocycles. The summed E-state index contributed by atoms with van der Waals surface area (Å²) < 4.78 is 19.4. The highest BCUT2D eigenvalue weighted by atomic mass is 19.1. The summed E-state index contributed by atoms with van der Waals surface area (Å²) >= 11 is 0. The molecule has 4 nitrogen and oxygen atoms in total. The molecule has 1 aliphatic rings. The van der Waals surface area contributed by atoms with Crippen molar-refractivity contribution in [2.45, 2.75) is 25.6 Å². The predicted octanol–water partition coefficient (Wildman–Crippen LogP) is 1.48. The molecule has 0 spiro atoms. The van der Waals surface area contributed by atoms with Crippen LogP contribution < -0.4 is 0 Å². The van der Waals surface area contributed by atoms with Gasteiger partial charge in [0.1, 0.15) is 0 Å². The Hall–Kier alpha value is -1.39. The van der Waals surface area contributed by atoms with E-state index in [0.717, 1.165) is 0 Å². The Labute approximate surface area is 80.7 Å². The maximum atomic E-state index is 13.4. The summed E-state index contributed by atoms with van der Waals surface area (Å²) in [5, 5.41) is 3.79. The van der Waals surface area contributed by atoms with Gasteiger partial charge in [0.15, 0.2) is 0 Å². The minimum Gasteiger partial charge on any atom is -0.462 e. The zero-order valence-electron chi connectivity index (χ0n) is 7.86. The van der Waals surface area contributed by atoms with E-state index in [1.54, 1.807) is 6.92 Å². The zero-order valence-corrected chi connectivity index (χ0v) is 7.86. The molecule has 1 saturated carbocycles. The van der Waals surface area contributed by atoms with Gasteiger partial charge in [-0.15, -0.1) is 0 Å². The average molecular weight is 198 g/mol. The Morgan fingerprint density at radius 1 is 1.79 bits per heavy atom. The van der Waals surface area contributed by atoms with Crippen LogP contribution in [0, 0.1) is 0 Å². The molecule has 1 aromatic rings. The van der Waals surface area contributed by atoms with E-state index in [0.29, 0.717) is 25.0 Å². The number of alkyl halides is 1. The van der Waals surface area contributed by atoms with Crippen molar-refractivity contribution in [3.8, 4) is 0 Å². The maximum absolute atomic E-state index is 13.4. The third-order valence-corrected chi connectivity index (χ3v) is 2.17. The van der Waals surface area contributed by atoms with Crippen LogP contribution in [0.25, 0.3) is 0 Å². The van der Waals surface area contributed by atoms with Gasteiger partial charge in [-0.2, -0.15) is 5.10 Å². The highest BCUT2D eigenvalue weighted by Gasteiger charge is 2.46. The zero-order chi connectivity index (χ0) is 10.2. The minimum absolute atomic E-state index is 0.302. The lowest BCUT2D eigenvalue weighted by Gasteiger charge is -2.03.